The molecule has 0 unspecified atom stereocenters. The van der Waals surface area contributed by atoms with Crippen LogP contribution in [0.1, 0.15) is 41.2 Å². The Kier molecular flexibility index (Phi) is 5.06. The number of aliphatic hydroxyl groups is 2. The van der Waals surface area contributed by atoms with Crippen molar-refractivity contribution in [2.45, 2.75) is 25.2 Å². The van der Waals surface area contributed by atoms with Gasteiger partial charge in [-0.25, -0.2) is 4.39 Å². The number of benzene rings is 1. The van der Waals surface area contributed by atoms with Crippen molar-refractivity contribution < 1.29 is 19.4 Å². The first kappa shape index (κ1) is 16.8. The molecule has 0 radical (unpaired) electrons. The Hall–Kier alpha value is -2.05. The highest BCUT2D eigenvalue weighted by molar-refractivity contribution is 6.06. The summed E-state index contributed by atoms with van der Waals surface area (Å²) in [4.78, 5) is 19.0. The Morgan fingerprint density at radius 2 is 2.00 bits per heavy atom. The molecule has 0 aliphatic heterocycles. The maximum absolute atomic E-state index is 13.7. The normalized spacial score (nSPS) is 14.1. The highest BCUT2D eigenvalue weighted by atomic mass is 19.1. The van der Waals surface area contributed by atoms with Crippen molar-refractivity contribution in [3.8, 4) is 0 Å². The summed E-state index contributed by atoms with van der Waals surface area (Å²) in [6.45, 7) is 0.322. The number of halogens is 1. The lowest BCUT2D eigenvalue weighted by molar-refractivity contribution is 0.0712. The minimum absolute atomic E-state index is 0.0335. The Morgan fingerprint density at radius 1 is 1.21 bits per heavy atom. The zero-order valence-corrected chi connectivity index (χ0v) is 13.4. The number of carbonyl (C=O) groups is 1. The number of nitrogens with zero attached hydrogens (tertiary/aromatic N) is 2. The molecule has 1 heterocycles. The maximum Gasteiger partial charge on any atom is 0.254 e. The average molecular weight is 332 g/mol. The summed E-state index contributed by atoms with van der Waals surface area (Å²) >= 11 is 0. The van der Waals surface area contributed by atoms with E-state index in [1.807, 2.05) is 0 Å². The Balaban J connectivity index is 2.04. The number of rotatable bonds is 7. The molecule has 0 bridgehead atoms. The van der Waals surface area contributed by atoms with Crippen LogP contribution in [-0.4, -0.2) is 52.3 Å². The van der Waals surface area contributed by atoms with E-state index in [2.05, 4.69) is 4.98 Å². The van der Waals surface area contributed by atoms with Gasteiger partial charge in [-0.2, -0.15) is 0 Å². The average Bonchev–Trinajstić information content (AvgIpc) is 3.42. The molecule has 128 valence electrons. The van der Waals surface area contributed by atoms with Gasteiger partial charge in [0.2, 0.25) is 0 Å². The summed E-state index contributed by atoms with van der Waals surface area (Å²) in [6.07, 6.45) is 2.54. The summed E-state index contributed by atoms with van der Waals surface area (Å²) in [5, 5.41) is 18.7. The van der Waals surface area contributed by atoms with E-state index in [-0.39, 0.29) is 25.7 Å². The van der Waals surface area contributed by atoms with Gasteiger partial charge in [0.15, 0.2) is 0 Å². The Morgan fingerprint density at radius 3 is 2.67 bits per heavy atom. The minimum Gasteiger partial charge on any atom is -0.396 e. The number of hydrogen-bond acceptors (Lipinski definition) is 4. The van der Waals surface area contributed by atoms with Crippen molar-refractivity contribution in [3.63, 3.8) is 0 Å². The van der Waals surface area contributed by atoms with E-state index >= 15 is 0 Å². The lowest BCUT2D eigenvalue weighted by atomic mass is 10.0. The van der Waals surface area contributed by atoms with E-state index < -0.39 is 5.82 Å². The second-order valence-electron chi connectivity index (χ2n) is 6.12. The zero-order valence-electron chi connectivity index (χ0n) is 13.4. The first-order valence-electron chi connectivity index (χ1n) is 8.25. The second-order valence-corrected chi connectivity index (χ2v) is 6.12. The predicted octanol–water partition coefficient (Wildman–Crippen LogP) is 2.07. The van der Waals surface area contributed by atoms with Crippen molar-refractivity contribution in [3.05, 3.63) is 41.3 Å². The molecule has 6 heteroatoms. The van der Waals surface area contributed by atoms with Crippen molar-refractivity contribution in [2.24, 2.45) is 0 Å². The van der Waals surface area contributed by atoms with Gasteiger partial charge >= 0.3 is 0 Å². The molecule has 5 nitrogen and oxygen atoms in total. The molecule has 1 aromatic heterocycles. The third kappa shape index (κ3) is 3.55. The minimum atomic E-state index is -0.415. The molecular formula is C18H21FN2O3. The van der Waals surface area contributed by atoms with Crippen LogP contribution in [0.15, 0.2) is 24.3 Å². The molecule has 1 fully saturated rings. The highest BCUT2D eigenvalue weighted by Gasteiger charge is 2.28. The molecule has 1 aliphatic carbocycles. The molecule has 2 N–H and O–H groups in total. The molecule has 0 spiro atoms. The van der Waals surface area contributed by atoms with Crippen molar-refractivity contribution in [1.82, 2.24) is 9.88 Å². The van der Waals surface area contributed by atoms with Gasteiger partial charge < -0.3 is 15.1 Å². The molecule has 1 aromatic carbocycles. The van der Waals surface area contributed by atoms with Crippen LogP contribution in [0.4, 0.5) is 4.39 Å². The smallest absolute Gasteiger partial charge is 0.254 e. The zero-order chi connectivity index (χ0) is 17.1. The SMILES string of the molecule is O=C(c1cc(C2CC2)nc2ccc(F)cc12)N(CCO)CCCO. The third-order valence-corrected chi connectivity index (χ3v) is 4.26. The number of fused-ring (bicyclic) bond motifs is 1. The van der Waals surface area contributed by atoms with Gasteiger partial charge in [0.25, 0.3) is 5.91 Å². The van der Waals surface area contributed by atoms with Crippen LogP contribution in [0.3, 0.4) is 0 Å². The number of aliphatic hydroxyl groups excluding tert-OH is 2. The molecule has 1 aliphatic rings. The van der Waals surface area contributed by atoms with Gasteiger partial charge in [0.1, 0.15) is 5.82 Å². The summed E-state index contributed by atoms with van der Waals surface area (Å²) in [7, 11) is 0. The second kappa shape index (κ2) is 7.23. The fourth-order valence-corrected chi connectivity index (χ4v) is 2.85. The van der Waals surface area contributed by atoms with Crippen LogP contribution in [-0.2, 0) is 0 Å². The van der Waals surface area contributed by atoms with E-state index in [0.29, 0.717) is 35.3 Å². The number of hydrogen-bond donors (Lipinski definition) is 2. The number of amides is 1. The first-order chi connectivity index (χ1) is 11.6. The lowest BCUT2D eigenvalue weighted by Gasteiger charge is -2.22. The molecule has 3 rings (SSSR count). The fourth-order valence-electron chi connectivity index (χ4n) is 2.85. The van der Waals surface area contributed by atoms with Gasteiger partial charge in [-0.15, -0.1) is 0 Å². The predicted molar refractivity (Wildman–Crippen MR) is 88.4 cm³/mol. The summed E-state index contributed by atoms with van der Waals surface area (Å²) in [5.74, 6) is -0.311. The highest BCUT2D eigenvalue weighted by Crippen LogP contribution is 2.40. The van der Waals surface area contributed by atoms with Crippen LogP contribution in [0.5, 0.6) is 0 Å². The van der Waals surface area contributed by atoms with Crippen LogP contribution in [0, 0.1) is 5.82 Å². The van der Waals surface area contributed by atoms with Crippen molar-refractivity contribution >= 4 is 16.8 Å². The summed E-state index contributed by atoms with van der Waals surface area (Å²) in [6, 6.07) is 6.02. The lowest BCUT2D eigenvalue weighted by Crippen LogP contribution is -2.35. The van der Waals surface area contributed by atoms with Crippen molar-refractivity contribution in [1.29, 1.82) is 0 Å². The van der Waals surface area contributed by atoms with Gasteiger partial charge in [0, 0.05) is 36.7 Å². The van der Waals surface area contributed by atoms with Gasteiger partial charge in [-0.1, -0.05) is 0 Å². The monoisotopic (exact) mass is 332 g/mol. The summed E-state index contributed by atoms with van der Waals surface area (Å²) < 4.78 is 13.7. The molecule has 2 aromatic rings. The van der Waals surface area contributed by atoms with Crippen LogP contribution in [0.25, 0.3) is 10.9 Å². The fraction of sp³-hybridized carbons (Fsp3) is 0.444. The molecule has 24 heavy (non-hydrogen) atoms. The van der Waals surface area contributed by atoms with E-state index in [0.717, 1.165) is 18.5 Å². The molecule has 0 atom stereocenters. The molecule has 1 amide bonds. The van der Waals surface area contributed by atoms with E-state index in [1.165, 1.54) is 17.0 Å². The quantitative estimate of drug-likeness (QED) is 0.814. The Labute approximate surface area is 139 Å². The van der Waals surface area contributed by atoms with Gasteiger partial charge in [-0.3, -0.25) is 9.78 Å². The van der Waals surface area contributed by atoms with Crippen LogP contribution in [0.2, 0.25) is 0 Å². The molecule has 1 saturated carbocycles. The standard InChI is InChI=1S/C18H21FN2O3/c19-13-4-5-16-14(10-13)15(11-17(20-16)12-2-3-12)18(24)21(7-9-23)6-1-8-22/h4-5,10-12,22-23H,1-3,6-9H2. The van der Waals surface area contributed by atoms with Gasteiger partial charge in [-0.05, 0) is 43.5 Å². The first-order valence-corrected chi connectivity index (χ1v) is 8.25. The van der Waals surface area contributed by atoms with Crippen LogP contribution < -0.4 is 0 Å². The van der Waals surface area contributed by atoms with E-state index in [4.69, 9.17) is 5.11 Å². The number of pyridine rings is 1. The topological polar surface area (TPSA) is 73.7 Å². The number of carbonyl (C=O) groups excluding carboxylic acids is 1. The largest absolute Gasteiger partial charge is 0.396 e. The third-order valence-electron chi connectivity index (χ3n) is 4.26. The van der Waals surface area contributed by atoms with Gasteiger partial charge in [0.05, 0.1) is 17.7 Å². The maximum atomic E-state index is 13.7. The van der Waals surface area contributed by atoms with E-state index in [1.54, 1.807) is 12.1 Å². The molecular weight excluding hydrogens is 311 g/mol. The van der Waals surface area contributed by atoms with E-state index in [9.17, 15) is 14.3 Å². The van der Waals surface area contributed by atoms with Crippen molar-refractivity contribution in [2.75, 3.05) is 26.3 Å². The number of aromatic nitrogens is 1. The summed E-state index contributed by atoms with van der Waals surface area (Å²) in [5.41, 5.74) is 1.88. The molecule has 0 saturated heterocycles. The Bertz CT molecular complexity index is 746. The van der Waals surface area contributed by atoms with Crippen LogP contribution >= 0.6 is 0 Å².